The lowest BCUT2D eigenvalue weighted by molar-refractivity contribution is 0.0697. The first-order valence-corrected chi connectivity index (χ1v) is 8.35. The second-order valence-corrected chi connectivity index (χ2v) is 6.07. The first kappa shape index (κ1) is 16.7. The Bertz CT molecular complexity index is 1240. The van der Waals surface area contributed by atoms with Crippen molar-refractivity contribution in [3.8, 4) is 22.5 Å². The van der Waals surface area contributed by atoms with Gasteiger partial charge in [0.05, 0.1) is 16.6 Å². The van der Waals surface area contributed by atoms with Crippen LogP contribution in [0.4, 0.5) is 5.69 Å². The average molecular weight is 356 g/mol. The number of benzene rings is 3. The number of carboxylic acids is 1. The van der Waals surface area contributed by atoms with Gasteiger partial charge in [0.25, 0.3) is 0 Å². The predicted octanol–water partition coefficient (Wildman–Crippen LogP) is 4.77. The van der Waals surface area contributed by atoms with Crippen LogP contribution in [0.2, 0.25) is 0 Å². The predicted molar refractivity (Wildman–Crippen MR) is 106 cm³/mol. The molecule has 0 radical (unpaired) electrons. The molecule has 2 aromatic carbocycles. The summed E-state index contributed by atoms with van der Waals surface area (Å²) in [4.78, 5) is 20.0. The van der Waals surface area contributed by atoms with Crippen molar-refractivity contribution < 1.29 is 14.3 Å². The van der Waals surface area contributed by atoms with Gasteiger partial charge in [0, 0.05) is 35.7 Å². The topological polar surface area (TPSA) is 75.2 Å². The summed E-state index contributed by atoms with van der Waals surface area (Å²) in [5.41, 5.74) is 3.79. The van der Waals surface area contributed by atoms with Crippen LogP contribution in [-0.4, -0.2) is 24.8 Å². The summed E-state index contributed by atoms with van der Waals surface area (Å²) in [7, 11) is 1.71. The van der Waals surface area contributed by atoms with Gasteiger partial charge in [0.2, 0.25) is 0 Å². The van der Waals surface area contributed by atoms with Crippen LogP contribution in [0.25, 0.3) is 33.4 Å². The molecule has 0 saturated carbocycles. The third kappa shape index (κ3) is 2.79. The average Bonchev–Trinajstić information content (AvgIpc) is 2.71. The number of aromatic carboxylic acids is 1. The molecule has 1 aliphatic heterocycles. The molecule has 5 nitrogen and oxygen atoms in total. The van der Waals surface area contributed by atoms with E-state index in [2.05, 4.69) is 16.7 Å². The molecule has 0 aromatic heterocycles. The monoisotopic (exact) mass is 356 g/mol. The third-order valence-corrected chi connectivity index (χ3v) is 4.56. The lowest BCUT2D eigenvalue weighted by atomic mass is 9.91. The zero-order chi connectivity index (χ0) is 19.0. The van der Waals surface area contributed by atoms with Crippen LogP contribution in [0.1, 0.15) is 10.4 Å². The fraction of sp³-hybridized carbons (Fsp3) is 0.0455. The molecule has 0 unspecified atom stereocenters. The highest BCUT2D eigenvalue weighted by Gasteiger charge is 2.21. The zero-order valence-corrected chi connectivity index (χ0v) is 14.6. The Morgan fingerprint density at radius 1 is 1.04 bits per heavy atom. The minimum atomic E-state index is -0.975. The van der Waals surface area contributed by atoms with Gasteiger partial charge in [0.15, 0.2) is 0 Å². The Hall–Kier alpha value is -3.73. The van der Waals surface area contributed by atoms with E-state index in [1.54, 1.807) is 25.2 Å². The SMILES string of the molecule is C=Nc1ccc2c(-c3ccccc3C(=O)O)c3ccc(=NC)cc-3oc2c1. The van der Waals surface area contributed by atoms with Crippen molar-refractivity contribution in [1.82, 2.24) is 0 Å². The Morgan fingerprint density at radius 3 is 2.59 bits per heavy atom. The van der Waals surface area contributed by atoms with Crippen LogP contribution in [-0.2, 0) is 0 Å². The summed E-state index contributed by atoms with van der Waals surface area (Å²) in [5.74, 6) is -0.348. The van der Waals surface area contributed by atoms with E-state index in [9.17, 15) is 9.90 Å². The molecular formula is C22H16N2O3. The molecule has 2 aliphatic rings. The molecule has 132 valence electrons. The second kappa shape index (κ2) is 6.53. The van der Waals surface area contributed by atoms with Crippen LogP contribution in [0.15, 0.2) is 75.1 Å². The van der Waals surface area contributed by atoms with E-state index >= 15 is 0 Å². The second-order valence-electron chi connectivity index (χ2n) is 6.07. The van der Waals surface area contributed by atoms with E-state index in [-0.39, 0.29) is 5.56 Å². The molecule has 5 heteroatoms. The van der Waals surface area contributed by atoms with Crippen molar-refractivity contribution in [2.45, 2.75) is 0 Å². The number of fused-ring (bicyclic) bond motifs is 2. The van der Waals surface area contributed by atoms with Crippen molar-refractivity contribution in [3.63, 3.8) is 0 Å². The van der Waals surface area contributed by atoms with Gasteiger partial charge in [-0.15, -0.1) is 0 Å². The maximum atomic E-state index is 11.8. The molecule has 0 atom stereocenters. The van der Waals surface area contributed by atoms with Crippen LogP contribution in [0.3, 0.4) is 0 Å². The number of carbonyl (C=O) groups is 1. The van der Waals surface area contributed by atoms with Crippen LogP contribution in [0.5, 0.6) is 0 Å². The maximum absolute atomic E-state index is 11.8. The quantitative estimate of drug-likeness (QED) is 0.424. The summed E-state index contributed by atoms with van der Waals surface area (Å²) in [5, 5.41) is 11.3. The molecule has 1 aliphatic carbocycles. The summed E-state index contributed by atoms with van der Waals surface area (Å²) < 4.78 is 6.10. The molecule has 0 bridgehead atoms. The number of aliphatic imine (C=N–C) groups is 1. The van der Waals surface area contributed by atoms with Crippen LogP contribution < -0.4 is 5.36 Å². The smallest absolute Gasteiger partial charge is 0.336 e. The highest BCUT2D eigenvalue weighted by molar-refractivity contribution is 6.07. The van der Waals surface area contributed by atoms with E-state index in [0.717, 1.165) is 21.9 Å². The largest absolute Gasteiger partial charge is 0.478 e. The van der Waals surface area contributed by atoms with E-state index in [0.29, 0.717) is 22.6 Å². The zero-order valence-electron chi connectivity index (χ0n) is 14.6. The molecule has 0 saturated heterocycles. The van der Waals surface area contributed by atoms with Crippen molar-refractivity contribution in [2.75, 3.05) is 7.05 Å². The minimum Gasteiger partial charge on any atom is -0.478 e. The summed E-state index contributed by atoms with van der Waals surface area (Å²) in [6, 6.07) is 18.1. The lowest BCUT2D eigenvalue weighted by Gasteiger charge is -2.17. The summed E-state index contributed by atoms with van der Waals surface area (Å²) in [6.45, 7) is 3.56. The van der Waals surface area contributed by atoms with Crippen molar-refractivity contribution in [1.29, 1.82) is 0 Å². The molecule has 0 amide bonds. The van der Waals surface area contributed by atoms with E-state index in [4.69, 9.17) is 4.42 Å². The van der Waals surface area contributed by atoms with Crippen molar-refractivity contribution in [3.05, 3.63) is 71.6 Å². The van der Waals surface area contributed by atoms with E-state index in [1.807, 2.05) is 42.5 Å². The molecular weight excluding hydrogens is 340 g/mol. The summed E-state index contributed by atoms with van der Waals surface area (Å²) in [6.07, 6.45) is 0. The highest BCUT2D eigenvalue weighted by Crippen LogP contribution is 2.41. The highest BCUT2D eigenvalue weighted by atomic mass is 16.4. The van der Waals surface area contributed by atoms with E-state index in [1.165, 1.54) is 0 Å². The molecule has 0 spiro atoms. The van der Waals surface area contributed by atoms with E-state index < -0.39 is 5.97 Å². The Balaban J connectivity index is 2.21. The lowest BCUT2D eigenvalue weighted by Crippen LogP contribution is -2.04. The number of hydrogen-bond donors (Lipinski definition) is 1. The normalized spacial score (nSPS) is 11.8. The van der Waals surface area contributed by atoms with Gasteiger partial charge in [0.1, 0.15) is 11.3 Å². The molecule has 1 heterocycles. The first-order valence-electron chi connectivity index (χ1n) is 8.35. The van der Waals surface area contributed by atoms with Gasteiger partial charge in [-0.1, -0.05) is 18.2 Å². The Labute approximate surface area is 155 Å². The fourth-order valence-corrected chi connectivity index (χ4v) is 3.28. The molecule has 4 rings (SSSR count). The van der Waals surface area contributed by atoms with Gasteiger partial charge >= 0.3 is 5.97 Å². The number of rotatable bonds is 3. The van der Waals surface area contributed by atoms with Crippen LogP contribution in [0, 0.1) is 0 Å². The van der Waals surface area contributed by atoms with Gasteiger partial charge in [-0.3, -0.25) is 9.98 Å². The fourth-order valence-electron chi connectivity index (χ4n) is 3.28. The van der Waals surface area contributed by atoms with Crippen molar-refractivity contribution >= 4 is 29.3 Å². The molecule has 2 aromatic rings. The molecule has 0 fully saturated rings. The van der Waals surface area contributed by atoms with Gasteiger partial charge in [-0.25, -0.2) is 4.79 Å². The molecule has 27 heavy (non-hydrogen) atoms. The van der Waals surface area contributed by atoms with Gasteiger partial charge in [-0.05, 0) is 42.6 Å². The van der Waals surface area contributed by atoms with Crippen molar-refractivity contribution in [2.24, 2.45) is 9.98 Å². The Kier molecular flexibility index (Phi) is 4.05. The number of carboxylic acid groups (broad SMARTS) is 1. The third-order valence-electron chi connectivity index (χ3n) is 4.56. The number of hydrogen-bond acceptors (Lipinski definition) is 4. The minimum absolute atomic E-state index is 0.237. The summed E-state index contributed by atoms with van der Waals surface area (Å²) >= 11 is 0. The molecule has 1 N–H and O–H groups in total. The first-order chi connectivity index (χ1) is 13.1. The Morgan fingerprint density at radius 2 is 1.85 bits per heavy atom. The van der Waals surface area contributed by atoms with Crippen LogP contribution >= 0.6 is 0 Å². The van der Waals surface area contributed by atoms with Gasteiger partial charge in [-0.2, -0.15) is 0 Å². The maximum Gasteiger partial charge on any atom is 0.336 e. The standard InChI is InChI=1S/C22H16N2O3/c1-23-13-7-9-17-19(11-13)27-20-12-14(24-2)8-10-18(20)21(17)15-5-3-4-6-16(15)22(25)26/h3-12H,1H2,2H3,(H,25,26). The number of nitrogens with zero attached hydrogens (tertiary/aromatic N) is 2. The van der Waals surface area contributed by atoms with Gasteiger partial charge < -0.3 is 9.52 Å².